The number of fused-ring (bicyclic) bond motifs is 1. The van der Waals surface area contributed by atoms with Crippen molar-refractivity contribution in [3.63, 3.8) is 0 Å². The first-order chi connectivity index (χ1) is 10.6. The molecule has 0 bridgehead atoms. The highest BCUT2D eigenvalue weighted by Crippen LogP contribution is 2.35. The van der Waals surface area contributed by atoms with Crippen LogP contribution in [0.1, 0.15) is 32.8 Å². The smallest absolute Gasteiger partial charge is 0.323 e. The summed E-state index contributed by atoms with van der Waals surface area (Å²) in [7, 11) is 0. The van der Waals surface area contributed by atoms with Crippen molar-refractivity contribution in [3.8, 4) is 11.5 Å². The molecule has 120 valence electrons. The van der Waals surface area contributed by atoms with Crippen molar-refractivity contribution in [2.45, 2.75) is 40.2 Å². The van der Waals surface area contributed by atoms with Gasteiger partial charge in [-0.1, -0.05) is 13.3 Å². The molecular weight excluding hydrogens is 282 g/mol. The summed E-state index contributed by atoms with van der Waals surface area (Å²) in [5.74, 6) is 0.513. The Morgan fingerprint density at radius 1 is 1.14 bits per heavy atom. The number of ether oxygens (including phenoxy) is 2. The Kier molecular flexibility index (Phi) is 5.31. The Labute approximate surface area is 130 Å². The van der Waals surface area contributed by atoms with Crippen LogP contribution in [-0.2, 0) is 17.8 Å². The van der Waals surface area contributed by atoms with Gasteiger partial charge in [-0.25, -0.2) is 0 Å². The number of hydrogen-bond acceptors (Lipinski definition) is 3. The molecule has 1 N–H and O–H groups in total. The number of carbonyl (C=O) groups is 1. The van der Waals surface area contributed by atoms with Crippen LogP contribution in [-0.4, -0.2) is 28.9 Å². The standard InChI is InChI=1S/C17H23NO4/c1-4-7-12-10-18(11-17(19)20)14-9-16(22-6-3)15(21-5-2)8-13(12)14/h8-10H,4-7,11H2,1-3H3,(H,19,20). The molecule has 0 aliphatic heterocycles. The molecule has 0 radical (unpaired) electrons. The van der Waals surface area contributed by atoms with Gasteiger partial charge >= 0.3 is 5.97 Å². The van der Waals surface area contributed by atoms with E-state index in [1.54, 1.807) is 4.57 Å². The summed E-state index contributed by atoms with van der Waals surface area (Å²) in [5, 5.41) is 10.1. The average molecular weight is 305 g/mol. The molecule has 5 heteroatoms. The molecule has 22 heavy (non-hydrogen) atoms. The van der Waals surface area contributed by atoms with Gasteiger partial charge in [-0.2, -0.15) is 0 Å². The van der Waals surface area contributed by atoms with Gasteiger partial charge in [0.15, 0.2) is 11.5 Å². The summed E-state index contributed by atoms with van der Waals surface area (Å²) in [6.45, 7) is 7.00. The van der Waals surface area contributed by atoms with Crippen LogP contribution in [0.4, 0.5) is 0 Å². The van der Waals surface area contributed by atoms with Crippen LogP contribution in [0.3, 0.4) is 0 Å². The van der Waals surface area contributed by atoms with Gasteiger partial charge in [0.05, 0.1) is 18.7 Å². The first-order valence-corrected chi connectivity index (χ1v) is 7.73. The van der Waals surface area contributed by atoms with E-state index in [0.29, 0.717) is 24.7 Å². The van der Waals surface area contributed by atoms with Crippen molar-refractivity contribution in [2.75, 3.05) is 13.2 Å². The number of carboxylic acid groups (broad SMARTS) is 1. The predicted molar refractivity (Wildman–Crippen MR) is 85.9 cm³/mol. The number of aliphatic carboxylic acids is 1. The van der Waals surface area contributed by atoms with Crippen LogP contribution < -0.4 is 9.47 Å². The molecule has 0 fully saturated rings. The maximum atomic E-state index is 11.1. The predicted octanol–water partition coefficient (Wildman–Crippen LogP) is 3.48. The Bertz CT molecular complexity index is 660. The van der Waals surface area contributed by atoms with Crippen molar-refractivity contribution < 1.29 is 19.4 Å². The largest absolute Gasteiger partial charge is 0.490 e. The summed E-state index contributed by atoms with van der Waals surface area (Å²) in [4.78, 5) is 11.1. The van der Waals surface area contributed by atoms with Gasteiger partial charge in [0.25, 0.3) is 0 Å². The molecule has 1 aromatic heterocycles. The first kappa shape index (κ1) is 16.2. The third-order valence-corrected chi connectivity index (χ3v) is 3.45. The highest BCUT2D eigenvalue weighted by molar-refractivity contribution is 5.88. The molecular formula is C17H23NO4. The van der Waals surface area contributed by atoms with Crippen LogP contribution in [0.15, 0.2) is 18.3 Å². The van der Waals surface area contributed by atoms with Gasteiger partial charge in [0, 0.05) is 17.6 Å². The first-order valence-electron chi connectivity index (χ1n) is 7.73. The maximum Gasteiger partial charge on any atom is 0.323 e. The molecule has 1 heterocycles. The lowest BCUT2D eigenvalue weighted by molar-refractivity contribution is -0.137. The van der Waals surface area contributed by atoms with Crippen molar-refractivity contribution in [2.24, 2.45) is 0 Å². The second-order valence-electron chi connectivity index (χ2n) is 5.11. The highest BCUT2D eigenvalue weighted by atomic mass is 16.5. The van der Waals surface area contributed by atoms with E-state index < -0.39 is 5.97 Å². The molecule has 0 aliphatic rings. The zero-order valence-corrected chi connectivity index (χ0v) is 13.4. The van der Waals surface area contributed by atoms with Crippen LogP contribution >= 0.6 is 0 Å². The molecule has 1 aromatic carbocycles. The van der Waals surface area contributed by atoms with Gasteiger partial charge in [0.1, 0.15) is 6.54 Å². The Hall–Kier alpha value is -2.17. The second-order valence-corrected chi connectivity index (χ2v) is 5.11. The molecule has 0 amide bonds. The summed E-state index contributed by atoms with van der Waals surface area (Å²) < 4.78 is 13.1. The number of nitrogens with zero attached hydrogens (tertiary/aromatic N) is 1. The molecule has 2 aromatic rings. The van der Waals surface area contributed by atoms with Crippen LogP contribution in [0, 0.1) is 0 Å². The minimum atomic E-state index is -0.855. The SMILES string of the molecule is CCCc1cn(CC(=O)O)c2cc(OCC)c(OCC)cc12. The number of benzene rings is 1. The highest BCUT2D eigenvalue weighted by Gasteiger charge is 2.15. The maximum absolute atomic E-state index is 11.1. The Morgan fingerprint density at radius 3 is 2.32 bits per heavy atom. The minimum absolute atomic E-state index is 0.0558. The van der Waals surface area contributed by atoms with E-state index in [2.05, 4.69) is 6.92 Å². The molecule has 0 atom stereocenters. The number of hydrogen-bond donors (Lipinski definition) is 1. The average Bonchev–Trinajstić information content (AvgIpc) is 2.77. The zero-order chi connectivity index (χ0) is 16.1. The lowest BCUT2D eigenvalue weighted by Gasteiger charge is -2.12. The van der Waals surface area contributed by atoms with E-state index in [1.807, 2.05) is 32.2 Å². The number of aromatic nitrogens is 1. The second kappa shape index (κ2) is 7.20. The van der Waals surface area contributed by atoms with Crippen LogP contribution in [0.5, 0.6) is 11.5 Å². The van der Waals surface area contributed by atoms with Crippen molar-refractivity contribution in [1.82, 2.24) is 4.57 Å². The minimum Gasteiger partial charge on any atom is -0.490 e. The van der Waals surface area contributed by atoms with Gasteiger partial charge in [-0.05, 0) is 31.9 Å². The molecule has 2 rings (SSSR count). The van der Waals surface area contributed by atoms with Crippen LogP contribution in [0.25, 0.3) is 10.9 Å². The monoisotopic (exact) mass is 305 g/mol. The van der Waals surface area contributed by atoms with Gasteiger partial charge in [-0.3, -0.25) is 4.79 Å². The summed E-state index contributed by atoms with van der Waals surface area (Å²) in [6.07, 6.45) is 3.83. The fourth-order valence-corrected chi connectivity index (χ4v) is 2.65. The number of carboxylic acids is 1. The third-order valence-electron chi connectivity index (χ3n) is 3.45. The normalized spacial score (nSPS) is 10.9. The Morgan fingerprint density at radius 2 is 1.77 bits per heavy atom. The van der Waals surface area contributed by atoms with E-state index in [9.17, 15) is 4.79 Å². The number of aryl methyl sites for hydroxylation is 1. The van der Waals surface area contributed by atoms with Crippen LogP contribution in [0.2, 0.25) is 0 Å². The molecule has 5 nitrogen and oxygen atoms in total. The van der Waals surface area contributed by atoms with Crippen molar-refractivity contribution in [3.05, 3.63) is 23.9 Å². The quantitative estimate of drug-likeness (QED) is 0.811. The van der Waals surface area contributed by atoms with E-state index in [0.717, 1.165) is 29.3 Å². The van der Waals surface area contributed by atoms with E-state index >= 15 is 0 Å². The number of rotatable bonds is 8. The fraction of sp³-hybridized carbons (Fsp3) is 0.471. The summed E-state index contributed by atoms with van der Waals surface area (Å²) in [6, 6.07) is 3.85. The fourth-order valence-electron chi connectivity index (χ4n) is 2.65. The van der Waals surface area contributed by atoms with E-state index in [-0.39, 0.29) is 6.54 Å². The zero-order valence-electron chi connectivity index (χ0n) is 13.4. The third kappa shape index (κ3) is 3.35. The van der Waals surface area contributed by atoms with Gasteiger partial charge < -0.3 is 19.1 Å². The van der Waals surface area contributed by atoms with Gasteiger partial charge in [0.2, 0.25) is 0 Å². The molecule has 0 spiro atoms. The molecule has 0 saturated carbocycles. The summed E-state index contributed by atoms with van der Waals surface area (Å²) in [5.41, 5.74) is 2.01. The molecule has 0 unspecified atom stereocenters. The topological polar surface area (TPSA) is 60.7 Å². The van der Waals surface area contributed by atoms with Gasteiger partial charge in [-0.15, -0.1) is 0 Å². The van der Waals surface area contributed by atoms with E-state index in [4.69, 9.17) is 14.6 Å². The van der Waals surface area contributed by atoms with Crippen molar-refractivity contribution >= 4 is 16.9 Å². The summed E-state index contributed by atoms with van der Waals surface area (Å²) >= 11 is 0. The Balaban J connectivity index is 2.61. The van der Waals surface area contributed by atoms with Crippen molar-refractivity contribution in [1.29, 1.82) is 0 Å². The lowest BCUT2D eigenvalue weighted by atomic mass is 10.1. The molecule has 0 saturated heterocycles. The molecule has 0 aliphatic carbocycles. The van der Waals surface area contributed by atoms with E-state index in [1.165, 1.54) is 0 Å². The lowest BCUT2D eigenvalue weighted by Crippen LogP contribution is -2.07.